The first-order chi connectivity index (χ1) is 10.7. The number of carbonyl (C=O) groups is 1. The molecule has 124 valence electrons. The number of aromatic nitrogens is 3. The van der Waals surface area contributed by atoms with Crippen molar-refractivity contribution in [1.82, 2.24) is 19.4 Å². The molecule has 0 aliphatic rings. The van der Waals surface area contributed by atoms with Crippen molar-refractivity contribution >= 4 is 51.3 Å². The van der Waals surface area contributed by atoms with Crippen molar-refractivity contribution in [2.24, 2.45) is 0 Å². The average molecular weight is 449 g/mol. The Morgan fingerprint density at radius 3 is 2.74 bits per heavy atom. The van der Waals surface area contributed by atoms with E-state index in [1.165, 1.54) is 11.2 Å². The van der Waals surface area contributed by atoms with E-state index in [0.29, 0.717) is 17.3 Å². The van der Waals surface area contributed by atoms with Crippen LogP contribution < -0.4 is 0 Å². The third-order valence-corrected chi connectivity index (χ3v) is 4.69. The number of fused-ring (bicyclic) bond motifs is 1. The van der Waals surface area contributed by atoms with Crippen molar-refractivity contribution in [2.75, 3.05) is 0 Å². The highest BCUT2D eigenvalue weighted by Crippen LogP contribution is 2.27. The molecule has 0 radical (unpaired) electrons. The minimum absolute atomic E-state index is 0.382. The largest absolute Gasteiger partial charge is 0.465 e. The summed E-state index contributed by atoms with van der Waals surface area (Å²) < 4.78 is 2.84. The topological polar surface area (TPSA) is 71.2 Å². The van der Waals surface area contributed by atoms with E-state index in [1.54, 1.807) is 6.08 Å². The number of hydrogen-bond acceptors (Lipinski definition) is 3. The highest BCUT2D eigenvalue weighted by atomic mass is 127. The molecule has 8 heteroatoms. The maximum Gasteiger partial charge on any atom is 0.408 e. The summed E-state index contributed by atoms with van der Waals surface area (Å²) in [6.07, 6.45) is 2.06. The van der Waals surface area contributed by atoms with Crippen LogP contribution in [-0.2, 0) is 6.54 Å². The second-order valence-electron chi connectivity index (χ2n) is 6.11. The summed E-state index contributed by atoms with van der Waals surface area (Å²) in [6.45, 7) is 9.78. The van der Waals surface area contributed by atoms with Gasteiger partial charge in [0.15, 0.2) is 0 Å². The van der Waals surface area contributed by atoms with Crippen molar-refractivity contribution in [1.29, 1.82) is 0 Å². The van der Waals surface area contributed by atoms with Crippen LogP contribution in [0.1, 0.15) is 20.8 Å². The first-order valence-corrected chi connectivity index (χ1v) is 8.42. The molecule has 0 fully saturated rings. The minimum Gasteiger partial charge on any atom is -0.465 e. The van der Waals surface area contributed by atoms with Crippen LogP contribution in [-0.4, -0.2) is 42.2 Å². The maximum atomic E-state index is 11.7. The third-order valence-electron chi connectivity index (χ3n) is 3.49. The predicted octanol–water partition coefficient (Wildman–Crippen LogP) is 4.02. The number of amides is 1. The van der Waals surface area contributed by atoms with E-state index in [9.17, 15) is 9.90 Å². The summed E-state index contributed by atoms with van der Waals surface area (Å²) in [5.41, 5.74) is 0.131. The summed E-state index contributed by atoms with van der Waals surface area (Å²) in [5.74, 6) is 0. The van der Waals surface area contributed by atoms with Crippen molar-refractivity contribution in [3.63, 3.8) is 0 Å². The fraction of sp³-hybridized carbons (Fsp3) is 0.400. The lowest BCUT2D eigenvalue weighted by atomic mass is 10.0. The zero-order chi connectivity index (χ0) is 17.4. The fourth-order valence-electron chi connectivity index (χ4n) is 2.55. The smallest absolute Gasteiger partial charge is 0.408 e. The van der Waals surface area contributed by atoms with Crippen LogP contribution in [0, 0.1) is 3.70 Å². The molecule has 0 aliphatic heterocycles. The van der Waals surface area contributed by atoms with Gasteiger partial charge in [-0.1, -0.05) is 17.7 Å². The number of carboxylic acid groups (broad SMARTS) is 1. The van der Waals surface area contributed by atoms with Gasteiger partial charge in [0.25, 0.3) is 0 Å². The Labute approximate surface area is 153 Å². The molecular formula is C15H18ClIN4O2. The van der Waals surface area contributed by atoms with Crippen LogP contribution in [0.25, 0.3) is 11.0 Å². The number of hydrogen-bond donors (Lipinski definition) is 1. The molecule has 1 amide bonds. The second-order valence-corrected chi connectivity index (χ2v) is 7.57. The minimum atomic E-state index is -0.985. The molecule has 2 aromatic rings. The van der Waals surface area contributed by atoms with Gasteiger partial charge < -0.3 is 9.67 Å². The molecule has 0 spiro atoms. The van der Waals surface area contributed by atoms with E-state index in [1.807, 2.05) is 31.4 Å². The van der Waals surface area contributed by atoms with Gasteiger partial charge in [0.05, 0.1) is 15.1 Å². The Balaban J connectivity index is 2.47. The SMILES string of the molecule is C=CC(Cn1c(I)cc2c(Cl)ncnc21)N(C(=O)O)C(C)(C)C. The van der Waals surface area contributed by atoms with Gasteiger partial charge in [-0.2, -0.15) is 0 Å². The molecule has 0 saturated heterocycles. The predicted molar refractivity (Wildman–Crippen MR) is 98.9 cm³/mol. The molecule has 2 aromatic heterocycles. The highest BCUT2D eigenvalue weighted by Gasteiger charge is 2.32. The molecular weight excluding hydrogens is 431 g/mol. The Hall–Kier alpha value is -1.35. The van der Waals surface area contributed by atoms with Crippen LogP contribution >= 0.6 is 34.2 Å². The zero-order valence-corrected chi connectivity index (χ0v) is 16.0. The summed E-state index contributed by atoms with van der Waals surface area (Å²) in [7, 11) is 0. The van der Waals surface area contributed by atoms with Crippen molar-refractivity contribution in [2.45, 2.75) is 38.9 Å². The van der Waals surface area contributed by atoms with E-state index in [-0.39, 0.29) is 0 Å². The second kappa shape index (κ2) is 6.64. The van der Waals surface area contributed by atoms with Gasteiger partial charge >= 0.3 is 6.09 Å². The van der Waals surface area contributed by atoms with Crippen LogP contribution in [0.15, 0.2) is 25.0 Å². The van der Waals surface area contributed by atoms with Gasteiger partial charge in [0.2, 0.25) is 0 Å². The molecule has 23 heavy (non-hydrogen) atoms. The molecule has 0 saturated carbocycles. The lowest BCUT2D eigenvalue weighted by molar-refractivity contribution is 0.0786. The monoisotopic (exact) mass is 448 g/mol. The van der Waals surface area contributed by atoms with Gasteiger partial charge in [0, 0.05) is 12.1 Å². The van der Waals surface area contributed by atoms with Crippen molar-refractivity contribution in [3.8, 4) is 0 Å². The van der Waals surface area contributed by atoms with Crippen molar-refractivity contribution in [3.05, 3.63) is 33.9 Å². The number of halogens is 2. The molecule has 0 aliphatic carbocycles. The normalized spacial score (nSPS) is 13.1. The maximum absolute atomic E-state index is 11.7. The van der Waals surface area contributed by atoms with Gasteiger partial charge in [-0.3, -0.25) is 4.90 Å². The molecule has 2 heterocycles. The number of nitrogens with zero attached hydrogens (tertiary/aromatic N) is 4. The van der Waals surface area contributed by atoms with Crippen LogP contribution in [0.2, 0.25) is 5.15 Å². The summed E-state index contributed by atoms with van der Waals surface area (Å²) in [6, 6.07) is 1.49. The van der Waals surface area contributed by atoms with E-state index in [0.717, 1.165) is 9.09 Å². The first kappa shape index (κ1) is 18.0. The van der Waals surface area contributed by atoms with E-state index >= 15 is 0 Å². The molecule has 1 unspecified atom stereocenters. The van der Waals surface area contributed by atoms with Gasteiger partial charge in [0.1, 0.15) is 17.1 Å². The fourth-order valence-corrected chi connectivity index (χ4v) is 3.47. The Morgan fingerprint density at radius 1 is 1.57 bits per heavy atom. The van der Waals surface area contributed by atoms with E-state index in [2.05, 4.69) is 39.1 Å². The molecule has 1 N–H and O–H groups in total. The quantitative estimate of drug-likeness (QED) is 0.436. The van der Waals surface area contributed by atoms with Gasteiger partial charge in [-0.15, -0.1) is 6.58 Å². The summed E-state index contributed by atoms with van der Waals surface area (Å²) >= 11 is 8.28. The van der Waals surface area contributed by atoms with Gasteiger partial charge in [-0.05, 0) is 49.4 Å². The summed E-state index contributed by atoms with van der Waals surface area (Å²) in [5, 5.41) is 10.7. The summed E-state index contributed by atoms with van der Waals surface area (Å²) in [4.78, 5) is 21.3. The van der Waals surface area contributed by atoms with E-state index < -0.39 is 17.7 Å². The lowest BCUT2D eigenvalue weighted by Gasteiger charge is -2.38. The molecule has 1 atom stereocenters. The van der Waals surface area contributed by atoms with E-state index in [4.69, 9.17) is 11.6 Å². The highest BCUT2D eigenvalue weighted by molar-refractivity contribution is 14.1. The van der Waals surface area contributed by atoms with Crippen LogP contribution in [0.5, 0.6) is 0 Å². The first-order valence-electron chi connectivity index (χ1n) is 6.97. The standard InChI is InChI=1S/C15H18ClIN4O2/c1-5-9(21(14(22)23)15(2,3)4)7-20-11(17)6-10-12(16)18-8-19-13(10)20/h5-6,8-9H,1,7H2,2-4H3,(H,22,23). The average Bonchev–Trinajstić information content (AvgIpc) is 2.74. The third kappa shape index (κ3) is 3.60. The molecule has 6 nitrogen and oxygen atoms in total. The lowest BCUT2D eigenvalue weighted by Crippen LogP contribution is -2.51. The molecule has 0 bridgehead atoms. The Kier molecular flexibility index (Phi) is 5.20. The van der Waals surface area contributed by atoms with Crippen molar-refractivity contribution < 1.29 is 9.90 Å². The zero-order valence-electron chi connectivity index (χ0n) is 13.1. The Morgan fingerprint density at radius 2 is 2.22 bits per heavy atom. The molecule has 2 rings (SSSR count). The Bertz CT molecular complexity index is 754. The number of rotatable bonds is 4. The van der Waals surface area contributed by atoms with Crippen LogP contribution in [0.4, 0.5) is 4.79 Å². The van der Waals surface area contributed by atoms with Gasteiger partial charge in [-0.25, -0.2) is 14.8 Å². The van der Waals surface area contributed by atoms with Crippen LogP contribution in [0.3, 0.4) is 0 Å². The molecule has 0 aromatic carbocycles.